The Morgan fingerprint density at radius 1 is 0.458 bits per heavy atom. The summed E-state index contributed by atoms with van der Waals surface area (Å²) >= 11 is 0. The number of esters is 2. The third-order valence-corrected chi connectivity index (χ3v) is 9.75. The highest BCUT2D eigenvalue weighted by Crippen LogP contribution is 2.16. The van der Waals surface area contributed by atoms with E-state index >= 15 is 0 Å². The van der Waals surface area contributed by atoms with Crippen molar-refractivity contribution in [1.82, 2.24) is 4.90 Å². The lowest BCUT2D eigenvalue weighted by molar-refractivity contribution is -0.163. The molecule has 1 rings (SSSR count). The summed E-state index contributed by atoms with van der Waals surface area (Å²) in [6.07, 6.45) is 46.5. The summed E-state index contributed by atoms with van der Waals surface area (Å²) in [6, 6.07) is -0.893. The van der Waals surface area contributed by atoms with Crippen LogP contribution in [0.2, 0.25) is 0 Å². The average Bonchev–Trinajstić information content (AvgIpc) is 3.62. The third-order valence-electron chi connectivity index (χ3n) is 9.75. The predicted octanol–water partition coefficient (Wildman–Crippen LogP) is 12.6. The second-order valence-corrected chi connectivity index (χ2v) is 14.4. The van der Waals surface area contributed by atoms with E-state index in [1.165, 1.54) is 154 Å². The molecule has 0 aromatic heterocycles. The minimum absolute atomic E-state index is 0.395. The van der Waals surface area contributed by atoms with E-state index < -0.39 is 18.0 Å². The Morgan fingerprint density at radius 2 is 0.750 bits per heavy atom. The van der Waals surface area contributed by atoms with Gasteiger partial charge in [0, 0.05) is 0 Å². The largest absolute Gasteiger partial charge is 0.464 e. The SMILES string of the molecule is CCCCCCCC/C=C\CCCCCCCCOC(=O)C(C(=O)OCCCCCCCC/C=C\CCCCCCCC)N1CCCC1. The maximum Gasteiger partial charge on any atom is 0.335 e. The van der Waals surface area contributed by atoms with Crippen LogP contribution in [0.25, 0.3) is 0 Å². The van der Waals surface area contributed by atoms with Crippen molar-refractivity contribution in [2.75, 3.05) is 26.3 Å². The van der Waals surface area contributed by atoms with E-state index in [2.05, 4.69) is 38.2 Å². The highest BCUT2D eigenvalue weighted by molar-refractivity contribution is 5.99. The summed E-state index contributed by atoms with van der Waals surface area (Å²) in [5.74, 6) is -0.841. The molecule has 0 aliphatic carbocycles. The summed E-state index contributed by atoms with van der Waals surface area (Å²) in [4.78, 5) is 27.8. The number of hydrogen-bond acceptors (Lipinski definition) is 5. The van der Waals surface area contributed by atoms with Gasteiger partial charge >= 0.3 is 11.9 Å². The van der Waals surface area contributed by atoms with Gasteiger partial charge in [-0.1, -0.05) is 154 Å². The molecule has 1 saturated heterocycles. The Balaban J connectivity index is 2.04. The molecular weight excluding hydrogens is 594 g/mol. The van der Waals surface area contributed by atoms with Crippen molar-refractivity contribution >= 4 is 11.9 Å². The highest BCUT2D eigenvalue weighted by Gasteiger charge is 2.37. The maximum atomic E-state index is 12.9. The molecule has 0 aromatic carbocycles. The van der Waals surface area contributed by atoms with Crippen LogP contribution in [0.5, 0.6) is 0 Å². The third kappa shape index (κ3) is 27.2. The first-order chi connectivity index (χ1) is 23.7. The van der Waals surface area contributed by atoms with E-state index in [1.807, 2.05) is 4.90 Å². The van der Waals surface area contributed by atoms with Crippen LogP contribution in [-0.4, -0.2) is 49.2 Å². The first-order valence-corrected chi connectivity index (χ1v) is 21.1. The molecule has 0 unspecified atom stereocenters. The smallest absolute Gasteiger partial charge is 0.335 e. The fourth-order valence-corrected chi connectivity index (χ4v) is 6.60. The molecular formula is C43H79NO4. The van der Waals surface area contributed by atoms with Crippen molar-refractivity contribution in [3.8, 4) is 0 Å². The van der Waals surface area contributed by atoms with Gasteiger partial charge in [-0.25, -0.2) is 9.59 Å². The average molecular weight is 674 g/mol. The Morgan fingerprint density at radius 3 is 1.08 bits per heavy atom. The minimum atomic E-state index is -0.893. The quantitative estimate of drug-likeness (QED) is 0.0290. The van der Waals surface area contributed by atoms with Gasteiger partial charge in [0.25, 0.3) is 0 Å². The first-order valence-electron chi connectivity index (χ1n) is 21.1. The number of unbranched alkanes of at least 4 members (excludes halogenated alkanes) is 24. The van der Waals surface area contributed by atoms with E-state index in [4.69, 9.17) is 9.47 Å². The zero-order valence-electron chi connectivity index (χ0n) is 32.0. The van der Waals surface area contributed by atoms with Crippen LogP contribution < -0.4 is 0 Å². The maximum absolute atomic E-state index is 12.9. The lowest BCUT2D eigenvalue weighted by Gasteiger charge is -2.24. The topological polar surface area (TPSA) is 55.8 Å². The van der Waals surface area contributed by atoms with Gasteiger partial charge in [-0.2, -0.15) is 0 Å². The van der Waals surface area contributed by atoms with E-state index in [-0.39, 0.29) is 0 Å². The van der Waals surface area contributed by atoms with Crippen LogP contribution >= 0.6 is 0 Å². The molecule has 0 atom stereocenters. The van der Waals surface area contributed by atoms with Gasteiger partial charge in [0.2, 0.25) is 6.04 Å². The molecule has 0 bridgehead atoms. The molecule has 0 N–H and O–H groups in total. The monoisotopic (exact) mass is 674 g/mol. The molecule has 280 valence electrons. The number of allylic oxidation sites excluding steroid dienone is 4. The predicted molar refractivity (Wildman–Crippen MR) is 205 cm³/mol. The molecule has 0 aromatic rings. The lowest BCUT2D eigenvalue weighted by atomic mass is 10.1. The molecule has 1 aliphatic rings. The van der Waals surface area contributed by atoms with Crippen LogP contribution in [-0.2, 0) is 19.1 Å². The molecule has 5 heteroatoms. The van der Waals surface area contributed by atoms with Crippen molar-refractivity contribution in [3.63, 3.8) is 0 Å². The van der Waals surface area contributed by atoms with Crippen LogP contribution in [0.15, 0.2) is 24.3 Å². The zero-order valence-corrected chi connectivity index (χ0v) is 32.0. The standard InChI is InChI=1S/C43H79NO4/c1-3-5-7-9-11-13-15-17-19-21-23-25-27-29-31-35-39-47-42(45)41(44-37-33-34-38-44)43(46)48-40-36-32-30-28-26-24-22-20-18-16-14-12-10-8-6-4-2/h17-20,41H,3-16,21-40H2,1-2H3/b19-17-,20-18-. The van der Waals surface area contributed by atoms with Crippen LogP contribution in [0.3, 0.4) is 0 Å². The zero-order chi connectivity index (χ0) is 34.6. The molecule has 5 nitrogen and oxygen atoms in total. The van der Waals surface area contributed by atoms with Crippen LogP contribution in [0.4, 0.5) is 0 Å². The summed E-state index contributed by atoms with van der Waals surface area (Å²) in [7, 11) is 0. The fraction of sp³-hybridized carbons (Fsp3) is 0.860. The van der Waals surface area contributed by atoms with E-state index in [9.17, 15) is 9.59 Å². The van der Waals surface area contributed by atoms with Gasteiger partial charge in [0.15, 0.2) is 0 Å². The Hall–Kier alpha value is -1.62. The minimum Gasteiger partial charge on any atom is -0.464 e. The van der Waals surface area contributed by atoms with Gasteiger partial charge in [-0.15, -0.1) is 0 Å². The number of nitrogens with zero attached hydrogens (tertiary/aromatic N) is 1. The fourth-order valence-electron chi connectivity index (χ4n) is 6.60. The number of ether oxygens (including phenoxy) is 2. The van der Waals surface area contributed by atoms with Crippen molar-refractivity contribution in [2.24, 2.45) is 0 Å². The normalized spacial score (nSPS) is 13.8. The molecule has 0 amide bonds. The van der Waals surface area contributed by atoms with Crippen molar-refractivity contribution in [3.05, 3.63) is 24.3 Å². The molecule has 1 aliphatic heterocycles. The Kier molecular flexibility index (Phi) is 32.6. The molecule has 0 spiro atoms. The molecule has 48 heavy (non-hydrogen) atoms. The molecule has 1 heterocycles. The molecule has 0 radical (unpaired) electrons. The number of carbonyl (C=O) groups is 2. The number of hydrogen-bond donors (Lipinski definition) is 0. The number of carbonyl (C=O) groups excluding carboxylic acids is 2. The van der Waals surface area contributed by atoms with Crippen molar-refractivity contribution in [1.29, 1.82) is 0 Å². The number of rotatable bonds is 35. The number of likely N-dealkylation sites (tertiary alicyclic amines) is 1. The molecule has 1 fully saturated rings. The molecule has 0 saturated carbocycles. The second kappa shape index (κ2) is 35.2. The summed E-state index contributed by atoms with van der Waals surface area (Å²) in [5, 5.41) is 0. The van der Waals surface area contributed by atoms with E-state index in [1.54, 1.807) is 0 Å². The van der Waals surface area contributed by atoms with Gasteiger partial charge in [-0.3, -0.25) is 4.90 Å². The van der Waals surface area contributed by atoms with Gasteiger partial charge in [0.1, 0.15) is 0 Å². The van der Waals surface area contributed by atoms with Gasteiger partial charge in [0.05, 0.1) is 13.2 Å². The Bertz CT molecular complexity index is 717. The summed E-state index contributed by atoms with van der Waals surface area (Å²) in [6.45, 7) is 6.86. The summed E-state index contributed by atoms with van der Waals surface area (Å²) < 4.78 is 11.2. The van der Waals surface area contributed by atoms with E-state index in [0.717, 1.165) is 51.6 Å². The van der Waals surface area contributed by atoms with Gasteiger partial charge in [-0.05, 0) is 90.1 Å². The van der Waals surface area contributed by atoms with Gasteiger partial charge < -0.3 is 9.47 Å². The van der Waals surface area contributed by atoms with Crippen molar-refractivity contribution < 1.29 is 19.1 Å². The Labute approximate surface area is 298 Å². The van der Waals surface area contributed by atoms with Crippen molar-refractivity contribution in [2.45, 2.75) is 213 Å². The van der Waals surface area contributed by atoms with E-state index in [0.29, 0.717) is 13.2 Å². The highest BCUT2D eigenvalue weighted by atomic mass is 16.6. The van der Waals surface area contributed by atoms with Crippen LogP contribution in [0, 0.1) is 0 Å². The van der Waals surface area contributed by atoms with Crippen LogP contribution in [0.1, 0.15) is 206 Å². The summed E-state index contributed by atoms with van der Waals surface area (Å²) in [5.41, 5.74) is 0. The lowest BCUT2D eigenvalue weighted by Crippen LogP contribution is -2.47. The first kappa shape index (κ1) is 44.4. The second-order valence-electron chi connectivity index (χ2n) is 14.4.